The van der Waals surface area contributed by atoms with Gasteiger partial charge in [-0.25, -0.2) is 0 Å². The van der Waals surface area contributed by atoms with E-state index in [0.717, 1.165) is 17.3 Å². The van der Waals surface area contributed by atoms with Crippen molar-refractivity contribution in [1.82, 2.24) is 0 Å². The van der Waals surface area contributed by atoms with Gasteiger partial charge < -0.3 is 14.4 Å². The number of carboxylic acid groups (broad SMARTS) is 1. The van der Waals surface area contributed by atoms with Gasteiger partial charge in [-0.3, -0.25) is 0 Å². The molecule has 0 aliphatic carbocycles. The van der Waals surface area contributed by atoms with E-state index in [1.807, 2.05) is 0 Å². The Kier molecular flexibility index (Phi) is 23.0. The van der Waals surface area contributed by atoms with Gasteiger partial charge in [0.2, 0.25) is 0 Å². The van der Waals surface area contributed by atoms with Crippen LogP contribution in [0.15, 0.2) is 0 Å². The molecule has 27 heavy (non-hydrogen) atoms. The van der Waals surface area contributed by atoms with Crippen LogP contribution in [0, 0.1) is 0 Å². The molecule has 0 heterocycles. The van der Waals surface area contributed by atoms with E-state index >= 15 is 0 Å². The molecule has 3 nitrogen and oxygen atoms in total. The van der Waals surface area contributed by atoms with Crippen molar-refractivity contribution < 1.29 is 14.4 Å². The minimum absolute atomic E-state index is 0.234. The van der Waals surface area contributed by atoms with Crippen molar-refractivity contribution in [3.05, 3.63) is 0 Å². The first-order valence-electron chi connectivity index (χ1n) is 11.9. The fourth-order valence-electron chi connectivity index (χ4n) is 2.86. The summed E-state index contributed by atoms with van der Waals surface area (Å²) in [5.74, 6) is -0.903. The lowest BCUT2D eigenvalue weighted by Gasteiger charge is -2.25. The minimum Gasteiger partial charge on any atom is -0.550 e. The fourth-order valence-corrected chi connectivity index (χ4v) is 2.86. The van der Waals surface area contributed by atoms with Gasteiger partial charge >= 0.3 is 0 Å². The highest BCUT2D eigenvalue weighted by atomic mass is 16.4. The summed E-state index contributed by atoms with van der Waals surface area (Å²) in [7, 11) is 4.47. The molecule has 0 bridgehead atoms. The van der Waals surface area contributed by atoms with Gasteiger partial charge in [0.05, 0.1) is 27.2 Å². The van der Waals surface area contributed by atoms with Crippen LogP contribution < -0.4 is 5.11 Å². The summed E-state index contributed by atoms with van der Waals surface area (Å²) in [6.45, 7) is 9.16. The van der Waals surface area contributed by atoms with Gasteiger partial charge in [0.15, 0.2) is 0 Å². The van der Waals surface area contributed by atoms with Gasteiger partial charge in [-0.15, -0.1) is 0 Å². The topological polar surface area (TPSA) is 40.1 Å². The van der Waals surface area contributed by atoms with Crippen molar-refractivity contribution in [2.24, 2.45) is 0 Å². The smallest absolute Gasteiger partial charge is 0.0753 e. The first kappa shape index (κ1) is 28.6. The van der Waals surface area contributed by atoms with Gasteiger partial charge in [-0.05, 0) is 26.7 Å². The van der Waals surface area contributed by atoms with Gasteiger partial charge in [-0.1, -0.05) is 96.8 Å². The van der Waals surface area contributed by atoms with Crippen molar-refractivity contribution >= 4 is 5.97 Å². The summed E-state index contributed by atoms with van der Waals surface area (Å²) in [5.41, 5.74) is 0. The molecular weight excluding hydrogens is 334 g/mol. The Morgan fingerprint density at radius 3 is 1.11 bits per heavy atom. The van der Waals surface area contributed by atoms with Crippen LogP contribution in [0.3, 0.4) is 0 Å². The lowest BCUT2D eigenvalue weighted by atomic mass is 10.0. The van der Waals surface area contributed by atoms with Crippen LogP contribution in [0.1, 0.15) is 124 Å². The number of unbranched alkanes of at least 4 members (excludes halogenated alkanes) is 14. The normalized spacial score (nSPS) is 11.1. The number of nitrogens with zero attached hydrogens (tertiary/aromatic N) is 1. The Morgan fingerprint density at radius 1 is 0.593 bits per heavy atom. The van der Waals surface area contributed by atoms with Gasteiger partial charge in [0, 0.05) is 5.97 Å². The molecular formula is C24H51NO2. The van der Waals surface area contributed by atoms with E-state index in [1.165, 1.54) is 96.6 Å². The van der Waals surface area contributed by atoms with E-state index in [4.69, 9.17) is 0 Å². The maximum Gasteiger partial charge on any atom is 0.0753 e. The molecule has 0 rings (SSSR count). The predicted molar refractivity (Wildman–Crippen MR) is 118 cm³/mol. The highest BCUT2D eigenvalue weighted by Crippen LogP contribution is 2.13. The van der Waals surface area contributed by atoms with Gasteiger partial charge in [0.1, 0.15) is 0 Å². The number of hydrogen-bond acceptors (Lipinski definition) is 2. The molecule has 0 atom stereocenters. The van der Waals surface area contributed by atoms with E-state index < -0.39 is 5.97 Å². The van der Waals surface area contributed by atoms with E-state index in [1.54, 1.807) is 0 Å². The monoisotopic (exact) mass is 385 g/mol. The van der Waals surface area contributed by atoms with Crippen molar-refractivity contribution in [2.75, 3.05) is 27.2 Å². The number of carbonyl (C=O) groups excluding carboxylic acids is 1. The molecule has 0 saturated heterocycles. The van der Waals surface area contributed by atoms with Crippen molar-refractivity contribution in [3.8, 4) is 0 Å². The molecule has 0 aromatic heterocycles. The molecule has 0 spiro atoms. The summed E-state index contributed by atoms with van der Waals surface area (Å²) in [5, 5.41) is 10.2. The zero-order valence-electron chi connectivity index (χ0n) is 19.5. The highest BCUT2D eigenvalue weighted by Gasteiger charge is 2.04. The Bertz CT molecular complexity index is 297. The van der Waals surface area contributed by atoms with E-state index in [9.17, 15) is 9.90 Å². The summed E-state index contributed by atoms with van der Waals surface area (Å²) in [6, 6.07) is 0. The van der Waals surface area contributed by atoms with Crippen LogP contribution in [0.4, 0.5) is 0 Å². The van der Waals surface area contributed by atoms with Crippen LogP contribution in [0.2, 0.25) is 0 Å². The molecule has 0 aliphatic heterocycles. The molecule has 0 fully saturated rings. The number of aliphatic carboxylic acids is 1. The SMILES string of the molecule is CCCCCCCCCCCCCCCCCC(=O)[O-].CC[N+](C)(C)CC. The van der Waals surface area contributed by atoms with Crippen molar-refractivity contribution in [1.29, 1.82) is 0 Å². The second kappa shape index (κ2) is 21.7. The molecule has 3 heteroatoms. The summed E-state index contributed by atoms with van der Waals surface area (Å²) in [4.78, 5) is 10.2. The summed E-state index contributed by atoms with van der Waals surface area (Å²) >= 11 is 0. The largest absolute Gasteiger partial charge is 0.550 e. The lowest BCUT2D eigenvalue weighted by molar-refractivity contribution is -0.886. The van der Waals surface area contributed by atoms with Crippen LogP contribution in [-0.4, -0.2) is 37.6 Å². The first-order chi connectivity index (χ1) is 12.9. The van der Waals surface area contributed by atoms with Crippen molar-refractivity contribution in [2.45, 2.75) is 124 Å². The van der Waals surface area contributed by atoms with Crippen LogP contribution in [-0.2, 0) is 4.79 Å². The number of carboxylic acids is 1. The third-order valence-corrected chi connectivity index (χ3v) is 5.70. The van der Waals surface area contributed by atoms with Crippen LogP contribution in [0.5, 0.6) is 0 Å². The van der Waals surface area contributed by atoms with Crippen LogP contribution >= 0.6 is 0 Å². The molecule has 0 saturated carbocycles. The minimum atomic E-state index is -0.903. The molecule has 0 N–H and O–H groups in total. The van der Waals surface area contributed by atoms with Crippen LogP contribution in [0.25, 0.3) is 0 Å². The maximum absolute atomic E-state index is 10.2. The Hall–Kier alpha value is -0.570. The average Bonchev–Trinajstić information content (AvgIpc) is 2.65. The predicted octanol–water partition coefficient (Wildman–Crippen LogP) is 6.10. The zero-order chi connectivity index (χ0) is 20.8. The molecule has 0 radical (unpaired) electrons. The van der Waals surface area contributed by atoms with Gasteiger partial charge in [0.25, 0.3) is 0 Å². The van der Waals surface area contributed by atoms with Crippen molar-refractivity contribution in [3.63, 3.8) is 0 Å². The number of quaternary nitrogens is 1. The van der Waals surface area contributed by atoms with Gasteiger partial charge in [-0.2, -0.15) is 0 Å². The second-order valence-corrected chi connectivity index (χ2v) is 8.64. The van der Waals surface area contributed by atoms with E-state index in [-0.39, 0.29) is 6.42 Å². The molecule has 0 amide bonds. The standard InChI is InChI=1S/C18H36O2.C6H16N/c1-2-3-4-5-6-7-8-9-10-11-12-13-14-15-16-17-18(19)20;1-5-7(3,4)6-2/h2-17H2,1H3,(H,19,20);5-6H2,1-4H3/q;+1/p-1. The molecule has 0 unspecified atom stereocenters. The summed E-state index contributed by atoms with van der Waals surface area (Å²) in [6.07, 6.45) is 19.9. The molecule has 164 valence electrons. The zero-order valence-corrected chi connectivity index (χ0v) is 19.5. The Balaban J connectivity index is 0. The van der Waals surface area contributed by atoms with E-state index in [0.29, 0.717) is 0 Å². The Morgan fingerprint density at radius 2 is 0.889 bits per heavy atom. The third-order valence-electron chi connectivity index (χ3n) is 5.70. The number of carbonyl (C=O) groups is 1. The number of rotatable bonds is 18. The summed E-state index contributed by atoms with van der Waals surface area (Å²) < 4.78 is 1.14. The third kappa shape index (κ3) is 27.7. The molecule has 0 aliphatic rings. The maximum atomic E-state index is 10.2. The quantitative estimate of drug-likeness (QED) is 0.211. The average molecular weight is 386 g/mol. The van der Waals surface area contributed by atoms with E-state index in [2.05, 4.69) is 34.9 Å². The highest BCUT2D eigenvalue weighted by molar-refractivity contribution is 5.63. The number of hydrogen-bond donors (Lipinski definition) is 0. The fraction of sp³-hybridized carbons (Fsp3) is 0.958. The lowest BCUT2D eigenvalue weighted by Crippen LogP contribution is -2.38. The Labute approximate surface area is 171 Å². The molecule has 0 aromatic carbocycles. The first-order valence-corrected chi connectivity index (χ1v) is 11.9. The molecule has 0 aromatic rings. The second-order valence-electron chi connectivity index (χ2n) is 8.64.